The highest BCUT2D eigenvalue weighted by Gasteiger charge is 2.08. The van der Waals surface area contributed by atoms with Crippen LogP contribution in [0.25, 0.3) is 0 Å². The Hall–Kier alpha value is -2.24. The molecule has 1 rings (SSSR count). The summed E-state index contributed by atoms with van der Waals surface area (Å²) in [4.78, 5) is 23.0. The zero-order valence-corrected chi connectivity index (χ0v) is 12.0. The second-order valence-corrected chi connectivity index (χ2v) is 4.71. The summed E-state index contributed by atoms with van der Waals surface area (Å²) < 4.78 is 5.15. The smallest absolute Gasteiger partial charge is 0.321 e. The molecule has 1 aromatic rings. The molecular formula is C14H21N3O3. The van der Waals surface area contributed by atoms with Crippen molar-refractivity contribution in [2.75, 3.05) is 25.5 Å². The molecule has 0 heterocycles. The SMILES string of the molecule is COc1ccccc1NCC(=O)NC(=O)NCC(C)C. The van der Waals surface area contributed by atoms with Crippen LogP contribution in [0.5, 0.6) is 5.75 Å². The monoisotopic (exact) mass is 279 g/mol. The first-order valence-electron chi connectivity index (χ1n) is 6.47. The van der Waals surface area contributed by atoms with Gasteiger partial charge in [0.2, 0.25) is 5.91 Å². The highest BCUT2D eigenvalue weighted by atomic mass is 16.5. The maximum Gasteiger partial charge on any atom is 0.321 e. The highest BCUT2D eigenvalue weighted by Crippen LogP contribution is 2.22. The third-order valence-electron chi connectivity index (χ3n) is 2.47. The molecule has 0 aliphatic heterocycles. The maximum absolute atomic E-state index is 11.6. The number of nitrogens with one attached hydrogen (secondary N) is 3. The first-order valence-corrected chi connectivity index (χ1v) is 6.47. The van der Waals surface area contributed by atoms with Crippen molar-refractivity contribution in [1.82, 2.24) is 10.6 Å². The van der Waals surface area contributed by atoms with Crippen LogP contribution in [0.15, 0.2) is 24.3 Å². The Labute approximate surface area is 118 Å². The summed E-state index contributed by atoms with van der Waals surface area (Å²) in [6.07, 6.45) is 0. The van der Waals surface area contributed by atoms with Crippen LogP contribution in [0, 0.1) is 5.92 Å². The minimum atomic E-state index is -0.481. The molecule has 0 saturated carbocycles. The second kappa shape index (κ2) is 8.04. The number of carbonyl (C=O) groups is 2. The summed E-state index contributed by atoms with van der Waals surface area (Å²) in [5, 5.41) is 7.78. The standard InChI is InChI=1S/C14H21N3O3/c1-10(2)8-16-14(19)17-13(18)9-15-11-6-4-5-7-12(11)20-3/h4-7,10,15H,8-9H2,1-3H3,(H2,16,17,18,19). The van der Waals surface area contributed by atoms with E-state index >= 15 is 0 Å². The van der Waals surface area contributed by atoms with Crippen LogP contribution in [0.1, 0.15) is 13.8 Å². The summed E-state index contributed by atoms with van der Waals surface area (Å²) in [7, 11) is 1.56. The molecule has 0 fully saturated rings. The van der Waals surface area contributed by atoms with Crippen LogP contribution in [-0.4, -0.2) is 32.1 Å². The van der Waals surface area contributed by atoms with Gasteiger partial charge in [0.1, 0.15) is 5.75 Å². The number of imide groups is 1. The van der Waals surface area contributed by atoms with Gasteiger partial charge in [-0.1, -0.05) is 26.0 Å². The molecule has 0 bridgehead atoms. The second-order valence-electron chi connectivity index (χ2n) is 4.71. The van der Waals surface area contributed by atoms with Crippen molar-refractivity contribution in [2.45, 2.75) is 13.8 Å². The molecule has 1 aromatic carbocycles. The largest absolute Gasteiger partial charge is 0.495 e. The lowest BCUT2D eigenvalue weighted by Crippen LogP contribution is -2.43. The van der Waals surface area contributed by atoms with E-state index in [1.54, 1.807) is 19.2 Å². The lowest BCUT2D eigenvalue weighted by atomic mass is 10.2. The highest BCUT2D eigenvalue weighted by molar-refractivity contribution is 5.96. The zero-order valence-electron chi connectivity index (χ0n) is 12.0. The molecule has 6 heteroatoms. The van der Waals surface area contributed by atoms with E-state index in [-0.39, 0.29) is 6.54 Å². The van der Waals surface area contributed by atoms with E-state index in [9.17, 15) is 9.59 Å². The quantitative estimate of drug-likeness (QED) is 0.739. The first kappa shape index (κ1) is 15.8. The summed E-state index contributed by atoms with van der Waals surface area (Å²) >= 11 is 0. The van der Waals surface area contributed by atoms with E-state index in [1.165, 1.54) is 0 Å². The van der Waals surface area contributed by atoms with Crippen LogP contribution >= 0.6 is 0 Å². The maximum atomic E-state index is 11.6. The van der Waals surface area contributed by atoms with Crippen molar-refractivity contribution in [3.63, 3.8) is 0 Å². The molecule has 6 nitrogen and oxygen atoms in total. The third kappa shape index (κ3) is 5.60. The van der Waals surface area contributed by atoms with Gasteiger partial charge in [0.25, 0.3) is 0 Å². The molecule has 0 aliphatic carbocycles. The summed E-state index contributed by atoms with van der Waals surface area (Å²) in [5.41, 5.74) is 0.702. The lowest BCUT2D eigenvalue weighted by molar-refractivity contribution is -0.118. The van der Waals surface area contributed by atoms with Crippen molar-refractivity contribution in [2.24, 2.45) is 5.92 Å². The van der Waals surface area contributed by atoms with Gasteiger partial charge < -0.3 is 15.4 Å². The Morgan fingerprint density at radius 2 is 1.95 bits per heavy atom. The van der Waals surface area contributed by atoms with Gasteiger partial charge in [0.05, 0.1) is 19.3 Å². The molecule has 0 unspecified atom stereocenters. The number of hydrogen-bond acceptors (Lipinski definition) is 4. The van der Waals surface area contributed by atoms with Crippen molar-refractivity contribution < 1.29 is 14.3 Å². The Bertz CT molecular complexity index is 461. The molecule has 0 aromatic heterocycles. The topological polar surface area (TPSA) is 79.5 Å². The molecule has 3 N–H and O–H groups in total. The Morgan fingerprint density at radius 1 is 1.25 bits per heavy atom. The molecular weight excluding hydrogens is 258 g/mol. The fourth-order valence-corrected chi connectivity index (χ4v) is 1.48. The Morgan fingerprint density at radius 3 is 2.60 bits per heavy atom. The Balaban J connectivity index is 2.38. The molecule has 20 heavy (non-hydrogen) atoms. The zero-order chi connectivity index (χ0) is 15.0. The number of methoxy groups -OCH3 is 1. The van der Waals surface area contributed by atoms with Crippen molar-refractivity contribution in [1.29, 1.82) is 0 Å². The van der Waals surface area contributed by atoms with Crippen LogP contribution in [0.4, 0.5) is 10.5 Å². The summed E-state index contributed by atoms with van der Waals surface area (Å²) in [6, 6.07) is 6.77. The van der Waals surface area contributed by atoms with Crippen LogP contribution < -0.4 is 20.7 Å². The molecule has 3 amide bonds. The molecule has 0 radical (unpaired) electrons. The molecule has 0 spiro atoms. The van der Waals surface area contributed by atoms with Gasteiger partial charge in [-0.05, 0) is 18.1 Å². The van der Waals surface area contributed by atoms with E-state index in [2.05, 4.69) is 16.0 Å². The predicted octanol–water partition coefficient (Wildman–Crippen LogP) is 1.59. The molecule has 110 valence electrons. The number of rotatable bonds is 6. The number of amides is 3. The average Bonchev–Trinajstić information content (AvgIpc) is 2.43. The molecule has 0 atom stereocenters. The van der Waals surface area contributed by atoms with E-state index in [0.29, 0.717) is 23.9 Å². The molecule has 0 saturated heterocycles. The van der Waals surface area contributed by atoms with E-state index < -0.39 is 11.9 Å². The van der Waals surface area contributed by atoms with Crippen LogP contribution in [-0.2, 0) is 4.79 Å². The van der Waals surface area contributed by atoms with Gasteiger partial charge in [-0.15, -0.1) is 0 Å². The number of para-hydroxylation sites is 2. The summed E-state index contributed by atoms with van der Waals surface area (Å²) in [6.45, 7) is 4.48. The normalized spacial score (nSPS) is 10.0. The first-order chi connectivity index (χ1) is 9.52. The van der Waals surface area contributed by atoms with Crippen LogP contribution in [0.2, 0.25) is 0 Å². The average molecular weight is 279 g/mol. The van der Waals surface area contributed by atoms with Gasteiger partial charge in [0, 0.05) is 6.54 Å². The number of ether oxygens (including phenoxy) is 1. The number of urea groups is 1. The third-order valence-corrected chi connectivity index (χ3v) is 2.47. The number of anilines is 1. The van der Waals surface area contributed by atoms with Crippen LogP contribution in [0.3, 0.4) is 0 Å². The van der Waals surface area contributed by atoms with Crippen molar-refractivity contribution in [3.8, 4) is 5.75 Å². The number of hydrogen-bond donors (Lipinski definition) is 3. The van der Waals surface area contributed by atoms with Gasteiger partial charge >= 0.3 is 6.03 Å². The fourth-order valence-electron chi connectivity index (χ4n) is 1.48. The van der Waals surface area contributed by atoms with Gasteiger partial charge in [0.15, 0.2) is 0 Å². The summed E-state index contributed by atoms with van der Waals surface area (Å²) in [5.74, 6) is 0.573. The lowest BCUT2D eigenvalue weighted by Gasteiger charge is -2.11. The van der Waals surface area contributed by atoms with E-state index in [1.807, 2.05) is 26.0 Å². The van der Waals surface area contributed by atoms with Gasteiger partial charge in [-0.2, -0.15) is 0 Å². The number of benzene rings is 1. The minimum Gasteiger partial charge on any atom is -0.495 e. The van der Waals surface area contributed by atoms with E-state index in [0.717, 1.165) is 0 Å². The van der Waals surface area contributed by atoms with Crippen molar-refractivity contribution >= 4 is 17.6 Å². The van der Waals surface area contributed by atoms with Crippen molar-refractivity contribution in [3.05, 3.63) is 24.3 Å². The minimum absolute atomic E-state index is 0.00449. The van der Waals surface area contributed by atoms with Gasteiger partial charge in [-0.3, -0.25) is 10.1 Å². The number of carbonyl (C=O) groups excluding carboxylic acids is 2. The molecule has 0 aliphatic rings. The fraction of sp³-hybridized carbons (Fsp3) is 0.429. The van der Waals surface area contributed by atoms with Gasteiger partial charge in [-0.25, -0.2) is 4.79 Å². The predicted molar refractivity (Wildman–Crippen MR) is 77.9 cm³/mol. The van der Waals surface area contributed by atoms with E-state index in [4.69, 9.17) is 4.74 Å². The Kier molecular flexibility index (Phi) is 6.36.